The van der Waals surface area contributed by atoms with E-state index in [2.05, 4.69) is 4.72 Å². The van der Waals surface area contributed by atoms with Crippen LogP contribution in [0.3, 0.4) is 0 Å². The highest BCUT2D eigenvalue weighted by Crippen LogP contribution is 2.39. The molecule has 2 N–H and O–H groups in total. The second-order valence-corrected chi connectivity index (χ2v) is 7.61. The summed E-state index contributed by atoms with van der Waals surface area (Å²) in [4.78, 5) is 10.6. The third-order valence-electron chi connectivity index (χ3n) is 4.16. The molecule has 1 unspecified atom stereocenters. The standard InChI is InChI=1S/C12H19F2NO4S/c13-12(14)4-2-1-3-9(12)7-20(18,19)15-10-5-8(6-10)11(16)17/h8-10,15H,1-7H2,(H,16,17). The maximum atomic E-state index is 13.6. The molecule has 0 saturated heterocycles. The van der Waals surface area contributed by atoms with Crippen LogP contribution in [0.25, 0.3) is 0 Å². The fourth-order valence-corrected chi connectivity index (χ4v) is 4.59. The van der Waals surface area contributed by atoms with Gasteiger partial charge in [0.15, 0.2) is 0 Å². The Hall–Kier alpha value is -0.760. The van der Waals surface area contributed by atoms with Crippen molar-refractivity contribution in [2.75, 3.05) is 5.75 Å². The van der Waals surface area contributed by atoms with Gasteiger partial charge in [0, 0.05) is 18.4 Å². The third kappa shape index (κ3) is 3.66. The monoisotopic (exact) mass is 311 g/mol. The highest BCUT2D eigenvalue weighted by atomic mass is 32.2. The highest BCUT2D eigenvalue weighted by Gasteiger charge is 2.44. The van der Waals surface area contributed by atoms with Crippen molar-refractivity contribution in [3.05, 3.63) is 0 Å². The summed E-state index contributed by atoms with van der Waals surface area (Å²) >= 11 is 0. The number of halogens is 2. The van der Waals surface area contributed by atoms with Gasteiger partial charge in [0.1, 0.15) is 0 Å². The zero-order chi connectivity index (χ0) is 15.0. The molecular formula is C12H19F2NO4S. The average molecular weight is 311 g/mol. The molecule has 0 heterocycles. The first-order valence-electron chi connectivity index (χ1n) is 6.80. The molecule has 2 aliphatic carbocycles. The Bertz CT molecular complexity index is 474. The van der Waals surface area contributed by atoms with Crippen LogP contribution in [0.4, 0.5) is 8.78 Å². The Balaban J connectivity index is 1.87. The summed E-state index contributed by atoms with van der Waals surface area (Å²) in [5, 5.41) is 8.70. The van der Waals surface area contributed by atoms with Gasteiger partial charge in [-0.3, -0.25) is 4.79 Å². The van der Waals surface area contributed by atoms with Crippen molar-refractivity contribution in [1.82, 2.24) is 4.72 Å². The molecule has 8 heteroatoms. The molecule has 5 nitrogen and oxygen atoms in total. The largest absolute Gasteiger partial charge is 0.481 e. The molecular weight excluding hydrogens is 292 g/mol. The zero-order valence-corrected chi connectivity index (χ0v) is 11.8. The fourth-order valence-electron chi connectivity index (χ4n) is 2.85. The van der Waals surface area contributed by atoms with Crippen LogP contribution in [-0.4, -0.2) is 37.2 Å². The van der Waals surface area contributed by atoms with E-state index in [1.807, 2.05) is 0 Å². The van der Waals surface area contributed by atoms with Gasteiger partial charge in [-0.05, 0) is 25.7 Å². The van der Waals surface area contributed by atoms with Crippen LogP contribution in [0.5, 0.6) is 0 Å². The molecule has 0 aliphatic heterocycles. The van der Waals surface area contributed by atoms with Crippen LogP contribution in [0, 0.1) is 11.8 Å². The van der Waals surface area contributed by atoms with Crippen molar-refractivity contribution < 1.29 is 27.1 Å². The number of nitrogens with one attached hydrogen (secondary N) is 1. The van der Waals surface area contributed by atoms with Gasteiger partial charge in [0.2, 0.25) is 10.0 Å². The number of carboxylic acid groups (broad SMARTS) is 1. The van der Waals surface area contributed by atoms with Crippen molar-refractivity contribution in [3.8, 4) is 0 Å². The quantitative estimate of drug-likeness (QED) is 0.808. The molecule has 1 atom stereocenters. The first-order valence-corrected chi connectivity index (χ1v) is 8.45. The molecule has 0 aromatic rings. The Morgan fingerprint density at radius 3 is 2.50 bits per heavy atom. The number of aliphatic carboxylic acids is 1. The SMILES string of the molecule is O=C(O)C1CC(NS(=O)(=O)CC2CCCCC2(F)F)C1. The average Bonchev–Trinajstić information content (AvgIpc) is 2.25. The van der Waals surface area contributed by atoms with Gasteiger partial charge >= 0.3 is 5.97 Å². The Kier molecular flexibility index (Phi) is 4.34. The summed E-state index contributed by atoms with van der Waals surface area (Å²) in [7, 11) is -3.78. The number of sulfonamides is 1. The zero-order valence-electron chi connectivity index (χ0n) is 11.0. The van der Waals surface area contributed by atoms with Crippen LogP contribution >= 0.6 is 0 Å². The Labute approximate surface area is 116 Å². The molecule has 0 aromatic carbocycles. The van der Waals surface area contributed by atoms with Crippen molar-refractivity contribution in [2.24, 2.45) is 11.8 Å². The van der Waals surface area contributed by atoms with Gasteiger partial charge < -0.3 is 5.11 Å². The summed E-state index contributed by atoms with van der Waals surface area (Å²) < 4.78 is 53.3. The molecule has 116 valence electrons. The number of carboxylic acids is 1. The second kappa shape index (κ2) is 5.55. The maximum Gasteiger partial charge on any atom is 0.306 e. The second-order valence-electron chi connectivity index (χ2n) is 5.81. The van der Waals surface area contributed by atoms with E-state index in [9.17, 15) is 22.0 Å². The summed E-state index contributed by atoms with van der Waals surface area (Å²) in [6.07, 6.45) is 1.49. The highest BCUT2D eigenvalue weighted by molar-refractivity contribution is 7.89. The van der Waals surface area contributed by atoms with E-state index in [0.29, 0.717) is 12.8 Å². The molecule has 2 rings (SSSR count). The Morgan fingerprint density at radius 2 is 1.95 bits per heavy atom. The molecule has 2 fully saturated rings. The van der Waals surface area contributed by atoms with Crippen LogP contribution in [0.15, 0.2) is 0 Å². The van der Waals surface area contributed by atoms with E-state index in [1.165, 1.54) is 0 Å². The predicted octanol–water partition coefficient (Wildman–Crippen LogP) is 1.59. The van der Waals surface area contributed by atoms with Crippen molar-refractivity contribution in [3.63, 3.8) is 0 Å². The van der Waals surface area contributed by atoms with Crippen LogP contribution in [0.1, 0.15) is 38.5 Å². The molecule has 2 aliphatic rings. The Morgan fingerprint density at radius 1 is 1.30 bits per heavy atom. The maximum absolute atomic E-state index is 13.6. The molecule has 0 radical (unpaired) electrons. The van der Waals surface area contributed by atoms with Crippen molar-refractivity contribution in [1.29, 1.82) is 0 Å². The van der Waals surface area contributed by atoms with Gasteiger partial charge in [0.25, 0.3) is 5.92 Å². The molecule has 0 spiro atoms. The topological polar surface area (TPSA) is 83.5 Å². The molecule has 0 bridgehead atoms. The summed E-state index contributed by atoms with van der Waals surface area (Å²) in [5.74, 6) is -6.10. The van der Waals surface area contributed by atoms with Gasteiger partial charge in [-0.1, -0.05) is 6.42 Å². The van der Waals surface area contributed by atoms with Gasteiger partial charge in [-0.25, -0.2) is 21.9 Å². The van der Waals surface area contributed by atoms with Crippen molar-refractivity contribution >= 4 is 16.0 Å². The summed E-state index contributed by atoms with van der Waals surface area (Å²) in [6, 6.07) is -0.432. The number of carbonyl (C=O) groups is 1. The van der Waals surface area contributed by atoms with E-state index in [1.54, 1.807) is 0 Å². The number of hydrogen-bond acceptors (Lipinski definition) is 3. The van der Waals surface area contributed by atoms with Crippen LogP contribution < -0.4 is 4.72 Å². The molecule has 2 saturated carbocycles. The minimum absolute atomic E-state index is 0.219. The third-order valence-corrected chi connectivity index (χ3v) is 5.70. The lowest BCUT2D eigenvalue weighted by Gasteiger charge is -2.34. The number of alkyl halides is 2. The lowest BCUT2D eigenvalue weighted by molar-refractivity contribution is -0.145. The van der Waals surface area contributed by atoms with Gasteiger partial charge in [0.05, 0.1) is 11.7 Å². The summed E-state index contributed by atoms with van der Waals surface area (Å²) in [5.41, 5.74) is 0. The molecule has 0 amide bonds. The lowest BCUT2D eigenvalue weighted by atomic mass is 9.81. The van der Waals surface area contributed by atoms with E-state index in [4.69, 9.17) is 5.11 Å². The van der Waals surface area contributed by atoms with Gasteiger partial charge in [-0.2, -0.15) is 0 Å². The van der Waals surface area contributed by atoms with E-state index in [0.717, 1.165) is 0 Å². The normalized spacial score (nSPS) is 33.4. The minimum atomic E-state index is -3.78. The van der Waals surface area contributed by atoms with Gasteiger partial charge in [-0.15, -0.1) is 0 Å². The first-order chi connectivity index (χ1) is 9.20. The predicted molar refractivity (Wildman–Crippen MR) is 68.0 cm³/mol. The minimum Gasteiger partial charge on any atom is -0.481 e. The fraction of sp³-hybridized carbons (Fsp3) is 0.917. The van der Waals surface area contributed by atoms with Crippen molar-refractivity contribution in [2.45, 2.75) is 50.5 Å². The first kappa shape index (κ1) is 15.6. The molecule has 20 heavy (non-hydrogen) atoms. The van der Waals surface area contributed by atoms with E-state index < -0.39 is 45.5 Å². The van der Waals surface area contributed by atoms with Crippen LogP contribution in [-0.2, 0) is 14.8 Å². The smallest absolute Gasteiger partial charge is 0.306 e. The lowest BCUT2D eigenvalue weighted by Crippen LogP contribution is -2.49. The summed E-state index contributed by atoms with van der Waals surface area (Å²) in [6.45, 7) is 0. The number of hydrogen-bond donors (Lipinski definition) is 2. The molecule has 0 aromatic heterocycles. The van der Waals surface area contributed by atoms with E-state index in [-0.39, 0.29) is 25.7 Å². The van der Waals surface area contributed by atoms with E-state index >= 15 is 0 Å². The van der Waals surface area contributed by atoms with Crippen LogP contribution in [0.2, 0.25) is 0 Å². The number of rotatable bonds is 5.